The second kappa shape index (κ2) is 5.51. The van der Waals surface area contributed by atoms with Gasteiger partial charge in [0.2, 0.25) is 0 Å². The van der Waals surface area contributed by atoms with Gasteiger partial charge in [-0.3, -0.25) is 9.59 Å². The van der Waals surface area contributed by atoms with Crippen molar-refractivity contribution in [3.63, 3.8) is 0 Å². The second-order valence-corrected chi connectivity index (χ2v) is 2.47. The molecule has 0 aliphatic heterocycles. The van der Waals surface area contributed by atoms with Gasteiger partial charge in [0.25, 0.3) is 11.6 Å². The molecule has 0 aliphatic carbocycles. The first kappa shape index (κ1) is 15.2. The van der Waals surface area contributed by atoms with E-state index in [0.29, 0.717) is 0 Å². The van der Waals surface area contributed by atoms with Gasteiger partial charge in [-0.25, -0.2) is 0 Å². The van der Waals surface area contributed by atoms with E-state index in [2.05, 4.69) is 4.74 Å². The van der Waals surface area contributed by atoms with Crippen LogP contribution in [0.15, 0.2) is 24.7 Å². The Morgan fingerprint density at radius 1 is 0.765 bits per heavy atom. The highest BCUT2D eigenvalue weighted by molar-refractivity contribution is 5.94. The summed E-state index contributed by atoms with van der Waals surface area (Å²) in [5.74, 6) is -4.49. The first-order valence-electron chi connectivity index (χ1n) is 3.76. The molecule has 0 unspecified atom stereocenters. The molecule has 0 atom stereocenters. The lowest BCUT2D eigenvalue weighted by Gasteiger charge is -1.99. The Morgan fingerprint density at radius 2 is 1.06 bits per heavy atom. The van der Waals surface area contributed by atoms with Gasteiger partial charge in [0.15, 0.2) is 0 Å². The zero-order valence-corrected chi connectivity index (χ0v) is 7.80. The number of hydrogen-bond acceptors (Lipinski definition) is 3. The Hall–Kier alpha value is -1.80. The summed E-state index contributed by atoms with van der Waals surface area (Å²) in [5.41, 5.74) is 0. The number of carbonyl (C=O) groups excluding carboxylic acids is 2. The molecule has 0 fully saturated rings. The van der Waals surface area contributed by atoms with Crippen LogP contribution < -0.4 is 0 Å². The first-order chi connectivity index (χ1) is 7.55. The van der Waals surface area contributed by atoms with Gasteiger partial charge in [-0.1, -0.05) is 0 Å². The molecular formula is C8H4F6O3. The zero-order chi connectivity index (χ0) is 13.7. The topological polar surface area (TPSA) is 43.4 Å². The van der Waals surface area contributed by atoms with Crippen LogP contribution in [-0.4, -0.2) is 23.9 Å². The third-order valence-corrected chi connectivity index (χ3v) is 1.15. The highest BCUT2D eigenvalue weighted by Crippen LogP contribution is 2.17. The molecular weight excluding hydrogens is 258 g/mol. The number of ether oxygens (including phenoxy) is 1. The van der Waals surface area contributed by atoms with E-state index in [4.69, 9.17) is 0 Å². The monoisotopic (exact) mass is 262 g/mol. The molecule has 0 radical (unpaired) electrons. The average Bonchev–Trinajstić information content (AvgIpc) is 2.13. The third-order valence-electron chi connectivity index (χ3n) is 1.15. The fourth-order valence-corrected chi connectivity index (χ4v) is 0.437. The Balaban J connectivity index is 4.18. The molecule has 0 saturated carbocycles. The summed E-state index contributed by atoms with van der Waals surface area (Å²) in [5, 5.41) is 0. The van der Waals surface area contributed by atoms with Gasteiger partial charge in [0.05, 0.1) is 12.5 Å². The van der Waals surface area contributed by atoms with Crippen molar-refractivity contribution in [3.8, 4) is 0 Å². The molecule has 9 heteroatoms. The van der Waals surface area contributed by atoms with Crippen molar-refractivity contribution in [1.29, 1.82) is 0 Å². The largest absolute Gasteiger partial charge is 0.472 e. The number of halogens is 6. The summed E-state index contributed by atoms with van der Waals surface area (Å²) in [6, 6.07) is 0. The van der Waals surface area contributed by atoms with Crippen LogP contribution in [0.4, 0.5) is 26.3 Å². The minimum atomic E-state index is -5.09. The zero-order valence-electron chi connectivity index (χ0n) is 7.80. The lowest BCUT2D eigenvalue weighted by atomic mass is 10.4. The van der Waals surface area contributed by atoms with Crippen LogP contribution >= 0.6 is 0 Å². The molecule has 0 aromatic carbocycles. The maximum Gasteiger partial charge on any atom is 0.454 e. The minimum Gasteiger partial charge on any atom is -0.472 e. The van der Waals surface area contributed by atoms with E-state index in [1.165, 1.54) is 0 Å². The predicted molar refractivity (Wildman–Crippen MR) is 41.5 cm³/mol. The van der Waals surface area contributed by atoms with Crippen LogP contribution in [0, 0.1) is 0 Å². The maximum atomic E-state index is 11.6. The van der Waals surface area contributed by atoms with Crippen LogP contribution in [0.25, 0.3) is 0 Å². The van der Waals surface area contributed by atoms with Gasteiger partial charge in [-0.15, -0.1) is 0 Å². The number of allylic oxidation sites excluding steroid dienone is 2. The van der Waals surface area contributed by atoms with Gasteiger partial charge in [-0.2, -0.15) is 26.3 Å². The van der Waals surface area contributed by atoms with Crippen LogP contribution in [0.5, 0.6) is 0 Å². The normalized spacial score (nSPS) is 13.3. The van der Waals surface area contributed by atoms with Gasteiger partial charge in [0.1, 0.15) is 0 Å². The fraction of sp³-hybridized carbons (Fsp3) is 0.250. The first-order valence-corrected chi connectivity index (χ1v) is 3.76. The predicted octanol–water partition coefficient (Wildman–Crippen LogP) is 2.29. The van der Waals surface area contributed by atoms with E-state index in [0.717, 1.165) is 0 Å². The van der Waals surface area contributed by atoms with Crippen molar-refractivity contribution in [2.75, 3.05) is 0 Å². The molecule has 96 valence electrons. The molecule has 0 amide bonds. The molecule has 0 saturated heterocycles. The summed E-state index contributed by atoms with van der Waals surface area (Å²) in [6.45, 7) is 0. The van der Waals surface area contributed by atoms with Crippen LogP contribution in [0.1, 0.15) is 0 Å². The van der Waals surface area contributed by atoms with Gasteiger partial charge in [0, 0.05) is 12.2 Å². The van der Waals surface area contributed by atoms with Crippen molar-refractivity contribution >= 4 is 11.6 Å². The van der Waals surface area contributed by atoms with Gasteiger partial charge in [-0.05, 0) is 0 Å². The number of alkyl halides is 6. The smallest absolute Gasteiger partial charge is 0.454 e. The van der Waals surface area contributed by atoms with Crippen LogP contribution in [0.2, 0.25) is 0 Å². The molecule has 3 nitrogen and oxygen atoms in total. The lowest BCUT2D eigenvalue weighted by Crippen LogP contribution is -2.20. The van der Waals surface area contributed by atoms with Crippen molar-refractivity contribution in [2.45, 2.75) is 12.4 Å². The van der Waals surface area contributed by atoms with Gasteiger partial charge >= 0.3 is 12.4 Å². The van der Waals surface area contributed by atoms with E-state index in [1.54, 1.807) is 0 Å². The Morgan fingerprint density at radius 3 is 1.29 bits per heavy atom. The Kier molecular flexibility index (Phi) is 4.92. The second-order valence-electron chi connectivity index (χ2n) is 2.47. The summed E-state index contributed by atoms with van der Waals surface area (Å²) >= 11 is 0. The molecule has 0 rings (SSSR count). The number of hydrogen-bond donors (Lipinski definition) is 0. The van der Waals surface area contributed by atoms with Crippen molar-refractivity contribution in [3.05, 3.63) is 24.7 Å². The molecule has 17 heavy (non-hydrogen) atoms. The molecule has 0 bridgehead atoms. The van der Waals surface area contributed by atoms with E-state index >= 15 is 0 Å². The van der Waals surface area contributed by atoms with E-state index in [1.807, 2.05) is 0 Å². The molecule has 0 aromatic rings. The van der Waals surface area contributed by atoms with Gasteiger partial charge < -0.3 is 4.74 Å². The van der Waals surface area contributed by atoms with Crippen LogP contribution in [0.3, 0.4) is 0 Å². The molecule has 0 aromatic heterocycles. The average molecular weight is 262 g/mol. The molecule has 0 spiro atoms. The Bertz CT molecular complexity index is 315. The molecule has 0 N–H and O–H groups in total. The molecule has 0 aliphatic rings. The number of carbonyl (C=O) groups is 2. The fourth-order valence-electron chi connectivity index (χ4n) is 0.437. The Labute approximate surface area is 90.3 Å². The SMILES string of the molecule is O=C(C=COC=CC(=O)C(F)(F)F)C(F)(F)F. The minimum absolute atomic E-state index is 0.0393. The van der Waals surface area contributed by atoms with E-state index < -0.39 is 23.9 Å². The summed E-state index contributed by atoms with van der Waals surface area (Å²) in [4.78, 5) is 20.3. The van der Waals surface area contributed by atoms with Crippen molar-refractivity contribution < 1.29 is 40.7 Å². The summed E-state index contributed by atoms with van der Waals surface area (Å²) in [7, 11) is 0. The standard InChI is InChI=1S/C8H4F6O3/c9-7(10,11)5(15)1-3-17-4-2-6(16)8(12,13)14/h1-4H. The maximum absolute atomic E-state index is 11.6. The van der Waals surface area contributed by atoms with E-state index in [-0.39, 0.29) is 24.7 Å². The highest BCUT2D eigenvalue weighted by Gasteiger charge is 2.37. The van der Waals surface area contributed by atoms with Crippen LogP contribution in [-0.2, 0) is 14.3 Å². The third kappa shape index (κ3) is 6.38. The van der Waals surface area contributed by atoms with Crippen molar-refractivity contribution in [2.24, 2.45) is 0 Å². The lowest BCUT2D eigenvalue weighted by molar-refractivity contribution is -0.165. The summed E-state index contributed by atoms with van der Waals surface area (Å²) < 4.78 is 73.4. The van der Waals surface area contributed by atoms with Crippen molar-refractivity contribution in [1.82, 2.24) is 0 Å². The molecule has 0 heterocycles. The highest BCUT2D eigenvalue weighted by atomic mass is 19.4. The number of ketones is 2. The van der Waals surface area contributed by atoms with E-state index in [9.17, 15) is 35.9 Å². The summed E-state index contributed by atoms with van der Waals surface area (Å²) in [6.07, 6.45) is -9.85. The number of rotatable bonds is 4. The quantitative estimate of drug-likeness (QED) is 0.443.